The van der Waals surface area contributed by atoms with Crippen LogP contribution in [0.1, 0.15) is 29.5 Å². The summed E-state index contributed by atoms with van der Waals surface area (Å²) in [5.74, 6) is 0.337. The van der Waals surface area contributed by atoms with Crippen molar-refractivity contribution in [3.05, 3.63) is 71.0 Å². The van der Waals surface area contributed by atoms with Gasteiger partial charge in [-0.2, -0.15) is 0 Å². The molecule has 0 aliphatic carbocycles. The van der Waals surface area contributed by atoms with Crippen molar-refractivity contribution in [3.63, 3.8) is 0 Å². The van der Waals surface area contributed by atoms with E-state index in [4.69, 9.17) is 0 Å². The first-order valence-corrected chi connectivity index (χ1v) is 6.67. The van der Waals surface area contributed by atoms with Crippen molar-refractivity contribution >= 4 is 0 Å². The molecule has 1 N–H and O–H groups in total. The van der Waals surface area contributed by atoms with Gasteiger partial charge in [-0.25, -0.2) is 4.39 Å². The Balaban J connectivity index is 1.85. The van der Waals surface area contributed by atoms with Crippen molar-refractivity contribution in [1.82, 2.24) is 5.32 Å². The zero-order valence-corrected chi connectivity index (χ0v) is 11.5. The molecule has 2 aromatic carbocycles. The van der Waals surface area contributed by atoms with Gasteiger partial charge in [0.25, 0.3) is 0 Å². The minimum atomic E-state index is -0.138. The predicted molar refractivity (Wildman–Crippen MR) is 77.7 cm³/mol. The Bertz CT molecular complexity index is 522. The molecule has 1 atom stereocenters. The van der Waals surface area contributed by atoms with E-state index in [0.717, 1.165) is 18.7 Å². The van der Waals surface area contributed by atoms with E-state index in [2.05, 4.69) is 36.5 Å². The highest BCUT2D eigenvalue weighted by Crippen LogP contribution is 2.14. The molecular formula is C17H20FN. The van der Waals surface area contributed by atoms with Crippen LogP contribution in [0, 0.1) is 12.7 Å². The average Bonchev–Trinajstić information content (AvgIpc) is 2.43. The van der Waals surface area contributed by atoms with Crippen LogP contribution < -0.4 is 5.32 Å². The molecule has 0 saturated heterocycles. The van der Waals surface area contributed by atoms with E-state index in [-0.39, 0.29) is 5.82 Å². The SMILES string of the molecule is Cc1cc(CNCC(C)c2ccccc2)ccc1F. The lowest BCUT2D eigenvalue weighted by atomic mass is 10.0. The summed E-state index contributed by atoms with van der Waals surface area (Å²) in [5, 5.41) is 3.42. The van der Waals surface area contributed by atoms with Gasteiger partial charge in [-0.05, 0) is 35.6 Å². The number of hydrogen-bond acceptors (Lipinski definition) is 1. The standard InChI is InChI=1S/C17H20FN/c1-13-10-15(8-9-17(13)18)12-19-11-14(2)16-6-4-3-5-7-16/h3-10,14,19H,11-12H2,1-2H3. The summed E-state index contributed by atoms with van der Waals surface area (Å²) in [6.07, 6.45) is 0. The molecule has 0 amide bonds. The largest absolute Gasteiger partial charge is 0.312 e. The molecule has 19 heavy (non-hydrogen) atoms. The van der Waals surface area contributed by atoms with Crippen molar-refractivity contribution in [2.75, 3.05) is 6.54 Å². The number of hydrogen-bond donors (Lipinski definition) is 1. The van der Waals surface area contributed by atoms with E-state index in [1.54, 1.807) is 6.92 Å². The van der Waals surface area contributed by atoms with E-state index in [1.165, 1.54) is 11.6 Å². The van der Waals surface area contributed by atoms with Crippen molar-refractivity contribution in [2.24, 2.45) is 0 Å². The summed E-state index contributed by atoms with van der Waals surface area (Å²) >= 11 is 0. The van der Waals surface area contributed by atoms with Crippen molar-refractivity contribution < 1.29 is 4.39 Å². The molecule has 0 aliphatic rings. The van der Waals surface area contributed by atoms with Crippen LogP contribution >= 0.6 is 0 Å². The smallest absolute Gasteiger partial charge is 0.126 e. The maximum Gasteiger partial charge on any atom is 0.126 e. The Morgan fingerprint density at radius 3 is 2.53 bits per heavy atom. The van der Waals surface area contributed by atoms with Crippen molar-refractivity contribution in [3.8, 4) is 0 Å². The third-order valence-electron chi connectivity index (χ3n) is 3.37. The summed E-state index contributed by atoms with van der Waals surface area (Å²) in [6, 6.07) is 15.7. The first-order valence-electron chi connectivity index (χ1n) is 6.67. The zero-order chi connectivity index (χ0) is 13.7. The van der Waals surface area contributed by atoms with Crippen LogP contribution in [0.15, 0.2) is 48.5 Å². The van der Waals surface area contributed by atoms with Crippen LogP contribution in [0.2, 0.25) is 0 Å². The second kappa shape index (κ2) is 6.48. The molecule has 0 spiro atoms. The summed E-state index contributed by atoms with van der Waals surface area (Å²) in [7, 11) is 0. The molecule has 2 rings (SSSR count). The van der Waals surface area contributed by atoms with Crippen molar-refractivity contribution in [2.45, 2.75) is 26.3 Å². The van der Waals surface area contributed by atoms with Gasteiger partial charge in [0.1, 0.15) is 5.82 Å². The molecule has 0 saturated carbocycles. The molecule has 100 valence electrons. The van der Waals surface area contributed by atoms with Gasteiger partial charge in [0.15, 0.2) is 0 Å². The molecule has 2 heteroatoms. The van der Waals surface area contributed by atoms with Gasteiger partial charge < -0.3 is 5.32 Å². The fraction of sp³-hybridized carbons (Fsp3) is 0.294. The quantitative estimate of drug-likeness (QED) is 0.852. The first kappa shape index (κ1) is 13.8. The number of rotatable bonds is 5. The van der Waals surface area contributed by atoms with Crippen LogP contribution in [0.3, 0.4) is 0 Å². The second-order valence-corrected chi connectivity index (χ2v) is 5.03. The maximum atomic E-state index is 13.2. The molecule has 0 radical (unpaired) electrons. The topological polar surface area (TPSA) is 12.0 Å². The highest BCUT2D eigenvalue weighted by molar-refractivity contribution is 5.24. The summed E-state index contributed by atoms with van der Waals surface area (Å²) in [5.41, 5.74) is 3.17. The summed E-state index contributed by atoms with van der Waals surface area (Å²) in [6.45, 7) is 5.70. The fourth-order valence-electron chi connectivity index (χ4n) is 2.15. The van der Waals surface area contributed by atoms with Gasteiger partial charge in [-0.3, -0.25) is 0 Å². The van der Waals surface area contributed by atoms with Gasteiger partial charge in [-0.1, -0.05) is 49.4 Å². The van der Waals surface area contributed by atoms with E-state index in [1.807, 2.05) is 18.2 Å². The van der Waals surface area contributed by atoms with Crippen LogP contribution in [0.4, 0.5) is 4.39 Å². The average molecular weight is 257 g/mol. The van der Waals surface area contributed by atoms with E-state index >= 15 is 0 Å². The fourth-order valence-corrected chi connectivity index (χ4v) is 2.15. The number of halogens is 1. The molecule has 1 unspecified atom stereocenters. The Labute approximate surface area is 114 Å². The van der Waals surface area contributed by atoms with E-state index in [9.17, 15) is 4.39 Å². The molecule has 1 nitrogen and oxygen atoms in total. The minimum absolute atomic E-state index is 0.138. The first-order chi connectivity index (χ1) is 9.16. The molecular weight excluding hydrogens is 237 g/mol. The van der Waals surface area contributed by atoms with Crippen LogP contribution in [0.5, 0.6) is 0 Å². The van der Waals surface area contributed by atoms with E-state index < -0.39 is 0 Å². The maximum absolute atomic E-state index is 13.2. The van der Waals surface area contributed by atoms with Crippen molar-refractivity contribution in [1.29, 1.82) is 0 Å². The third-order valence-corrected chi connectivity index (χ3v) is 3.37. The molecule has 0 aromatic heterocycles. The number of aryl methyl sites for hydroxylation is 1. The molecule has 0 bridgehead atoms. The third kappa shape index (κ3) is 3.90. The van der Waals surface area contributed by atoms with Gasteiger partial charge in [0.05, 0.1) is 0 Å². The number of nitrogens with one attached hydrogen (secondary N) is 1. The molecule has 0 aliphatic heterocycles. The lowest BCUT2D eigenvalue weighted by molar-refractivity contribution is 0.605. The van der Waals surface area contributed by atoms with Crippen LogP contribution in [0.25, 0.3) is 0 Å². The van der Waals surface area contributed by atoms with Gasteiger partial charge in [-0.15, -0.1) is 0 Å². The normalized spacial score (nSPS) is 12.4. The Morgan fingerprint density at radius 1 is 1.11 bits per heavy atom. The lowest BCUT2D eigenvalue weighted by Gasteiger charge is -2.13. The summed E-state index contributed by atoms with van der Waals surface area (Å²) < 4.78 is 13.2. The Hall–Kier alpha value is -1.67. The van der Waals surface area contributed by atoms with Crippen LogP contribution in [-0.2, 0) is 6.54 Å². The highest BCUT2D eigenvalue weighted by atomic mass is 19.1. The van der Waals surface area contributed by atoms with E-state index in [0.29, 0.717) is 11.5 Å². The lowest BCUT2D eigenvalue weighted by Crippen LogP contribution is -2.19. The molecule has 2 aromatic rings. The molecule has 0 fully saturated rings. The second-order valence-electron chi connectivity index (χ2n) is 5.03. The Kier molecular flexibility index (Phi) is 4.69. The predicted octanol–water partition coefficient (Wildman–Crippen LogP) is 4.03. The highest BCUT2D eigenvalue weighted by Gasteiger charge is 2.04. The molecule has 0 heterocycles. The zero-order valence-electron chi connectivity index (χ0n) is 11.5. The minimum Gasteiger partial charge on any atom is -0.312 e. The summed E-state index contributed by atoms with van der Waals surface area (Å²) in [4.78, 5) is 0. The van der Waals surface area contributed by atoms with Gasteiger partial charge >= 0.3 is 0 Å². The Morgan fingerprint density at radius 2 is 1.84 bits per heavy atom. The van der Waals surface area contributed by atoms with Gasteiger partial charge in [0, 0.05) is 13.1 Å². The monoisotopic (exact) mass is 257 g/mol. The van der Waals surface area contributed by atoms with Gasteiger partial charge in [0.2, 0.25) is 0 Å². The number of benzene rings is 2. The van der Waals surface area contributed by atoms with Crippen LogP contribution in [-0.4, -0.2) is 6.54 Å².